The molecule has 0 N–H and O–H groups in total. The second kappa shape index (κ2) is 6.52. The van der Waals surface area contributed by atoms with Crippen molar-refractivity contribution in [2.24, 2.45) is 0 Å². The highest BCUT2D eigenvalue weighted by atomic mass is 32.2. The summed E-state index contributed by atoms with van der Waals surface area (Å²) in [7, 11) is -2.16. The molecule has 0 aromatic heterocycles. The second-order valence-corrected chi connectivity index (χ2v) is 7.13. The smallest absolute Gasteiger partial charge is 0.207 e. The lowest BCUT2D eigenvalue weighted by molar-refractivity contribution is 0.349. The third-order valence-electron chi connectivity index (χ3n) is 3.41. The topological polar surface area (TPSA) is 64.4 Å². The molecule has 114 valence electrons. The van der Waals surface area contributed by atoms with Crippen molar-refractivity contribution in [3.8, 4) is 6.07 Å². The number of hydrogen-bond acceptors (Lipinski definition) is 3. The maximum atomic E-state index is 13.2. The van der Waals surface area contributed by atoms with Crippen LogP contribution in [0.25, 0.3) is 0 Å². The van der Waals surface area contributed by atoms with Gasteiger partial charge in [-0.3, -0.25) is 0 Å². The van der Waals surface area contributed by atoms with Gasteiger partial charge in [0.1, 0.15) is 5.82 Å². The van der Waals surface area contributed by atoms with Gasteiger partial charge in [-0.25, -0.2) is 4.39 Å². The monoisotopic (exact) mass is 311 g/mol. The summed E-state index contributed by atoms with van der Waals surface area (Å²) in [6, 6.07) is 7.87. The van der Waals surface area contributed by atoms with E-state index in [0.29, 0.717) is 5.56 Å². The number of nitriles is 1. The lowest BCUT2D eigenvalue weighted by atomic mass is 10.2. The Morgan fingerprint density at radius 3 is 2.71 bits per heavy atom. The minimum absolute atomic E-state index is 0.0252. The Kier molecular flexibility index (Phi) is 4.93. The van der Waals surface area contributed by atoms with Crippen LogP contribution in [-0.2, 0) is 16.8 Å². The fraction of sp³-hybridized carbons (Fsp3) is 0.500. The molecule has 0 unspecified atom stereocenters. The Morgan fingerprint density at radius 2 is 2.14 bits per heavy atom. The van der Waals surface area contributed by atoms with E-state index in [1.54, 1.807) is 12.1 Å². The van der Waals surface area contributed by atoms with Gasteiger partial charge in [-0.05, 0) is 30.5 Å². The Labute approximate surface area is 124 Å². The predicted octanol–water partition coefficient (Wildman–Crippen LogP) is 1.88. The third kappa shape index (κ3) is 4.00. The van der Waals surface area contributed by atoms with Gasteiger partial charge in [0.2, 0.25) is 0 Å². The van der Waals surface area contributed by atoms with Crippen LogP contribution in [0.4, 0.5) is 4.39 Å². The van der Waals surface area contributed by atoms with Crippen molar-refractivity contribution in [2.75, 3.05) is 13.6 Å². The minimum atomic E-state index is -3.63. The van der Waals surface area contributed by atoms with E-state index in [0.717, 1.165) is 12.8 Å². The van der Waals surface area contributed by atoms with Crippen molar-refractivity contribution >= 4 is 10.2 Å². The summed E-state index contributed by atoms with van der Waals surface area (Å²) in [5.41, 5.74) is 0.624. The maximum Gasteiger partial charge on any atom is 0.282 e. The van der Waals surface area contributed by atoms with Crippen molar-refractivity contribution in [3.63, 3.8) is 0 Å². The molecule has 1 saturated carbocycles. The lowest BCUT2D eigenvalue weighted by Crippen LogP contribution is -2.43. The van der Waals surface area contributed by atoms with Crippen molar-refractivity contribution in [2.45, 2.75) is 31.8 Å². The molecule has 0 amide bonds. The first-order valence-corrected chi connectivity index (χ1v) is 8.19. The fourth-order valence-electron chi connectivity index (χ4n) is 2.08. The zero-order valence-corrected chi connectivity index (χ0v) is 12.7. The van der Waals surface area contributed by atoms with Gasteiger partial charge < -0.3 is 0 Å². The summed E-state index contributed by atoms with van der Waals surface area (Å²) < 4.78 is 40.9. The van der Waals surface area contributed by atoms with E-state index in [1.165, 1.54) is 27.8 Å². The first-order chi connectivity index (χ1) is 9.95. The highest BCUT2D eigenvalue weighted by Gasteiger charge is 2.39. The van der Waals surface area contributed by atoms with Crippen LogP contribution in [0.2, 0.25) is 0 Å². The molecule has 0 aliphatic heterocycles. The fourth-order valence-corrected chi connectivity index (χ4v) is 3.66. The average Bonchev–Trinajstić information content (AvgIpc) is 3.26. The van der Waals surface area contributed by atoms with Gasteiger partial charge >= 0.3 is 0 Å². The van der Waals surface area contributed by atoms with Crippen LogP contribution in [0.1, 0.15) is 24.8 Å². The Hall–Kier alpha value is -1.49. The molecule has 1 aromatic rings. The van der Waals surface area contributed by atoms with Crippen LogP contribution in [-0.4, -0.2) is 36.7 Å². The Morgan fingerprint density at radius 1 is 1.43 bits per heavy atom. The molecular formula is C14H18FN3O2S. The largest absolute Gasteiger partial charge is 0.282 e. The van der Waals surface area contributed by atoms with Gasteiger partial charge in [0.25, 0.3) is 10.2 Å². The molecule has 21 heavy (non-hydrogen) atoms. The van der Waals surface area contributed by atoms with Crippen molar-refractivity contribution in [1.82, 2.24) is 8.61 Å². The van der Waals surface area contributed by atoms with Gasteiger partial charge in [-0.15, -0.1) is 0 Å². The van der Waals surface area contributed by atoms with Gasteiger partial charge in [0.15, 0.2) is 0 Å². The molecule has 0 radical (unpaired) electrons. The standard InChI is InChI=1S/C14H18FN3O2S/c1-17(9-3-8-16)21(19,20)18(14-6-7-14)11-12-4-2-5-13(15)10-12/h2,4-5,10,14H,3,6-7,9,11H2,1H3. The van der Waals surface area contributed by atoms with Crippen LogP contribution in [0.5, 0.6) is 0 Å². The number of benzene rings is 1. The number of hydrogen-bond donors (Lipinski definition) is 0. The van der Waals surface area contributed by atoms with Crippen LogP contribution in [0.3, 0.4) is 0 Å². The zero-order valence-electron chi connectivity index (χ0n) is 11.9. The van der Waals surface area contributed by atoms with Crippen molar-refractivity contribution < 1.29 is 12.8 Å². The van der Waals surface area contributed by atoms with E-state index in [2.05, 4.69) is 0 Å². The molecular weight excluding hydrogens is 293 g/mol. The Bertz CT molecular complexity index is 638. The molecule has 0 atom stereocenters. The third-order valence-corrected chi connectivity index (χ3v) is 5.40. The summed E-state index contributed by atoms with van der Waals surface area (Å²) in [5.74, 6) is -0.376. The quantitative estimate of drug-likeness (QED) is 0.772. The highest BCUT2D eigenvalue weighted by Crippen LogP contribution is 2.31. The molecule has 0 heterocycles. The number of rotatable bonds is 7. The first kappa shape index (κ1) is 15.9. The number of halogens is 1. The minimum Gasteiger partial charge on any atom is -0.207 e. The summed E-state index contributed by atoms with van der Waals surface area (Å²) in [6.45, 7) is 0.312. The maximum absolute atomic E-state index is 13.2. The molecule has 1 aromatic carbocycles. The number of nitrogens with zero attached hydrogens (tertiary/aromatic N) is 3. The van der Waals surface area contributed by atoms with E-state index in [1.807, 2.05) is 6.07 Å². The SMILES string of the molecule is CN(CCC#N)S(=O)(=O)N(Cc1cccc(F)c1)C1CC1. The predicted molar refractivity (Wildman–Crippen MR) is 76.7 cm³/mol. The normalized spacial score (nSPS) is 15.4. The van der Waals surface area contributed by atoms with E-state index < -0.39 is 10.2 Å². The van der Waals surface area contributed by atoms with Crippen LogP contribution in [0, 0.1) is 17.1 Å². The van der Waals surface area contributed by atoms with Crippen molar-refractivity contribution in [3.05, 3.63) is 35.6 Å². The molecule has 0 bridgehead atoms. The molecule has 7 heteroatoms. The summed E-state index contributed by atoms with van der Waals surface area (Å²) in [6.07, 6.45) is 1.79. The van der Waals surface area contributed by atoms with E-state index in [9.17, 15) is 12.8 Å². The van der Waals surface area contributed by atoms with E-state index in [-0.39, 0.29) is 31.4 Å². The van der Waals surface area contributed by atoms with Gasteiger partial charge in [0.05, 0.1) is 6.07 Å². The molecule has 1 aliphatic rings. The van der Waals surface area contributed by atoms with Crippen LogP contribution in [0.15, 0.2) is 24.3 Å². The second-order valence-electron chi connectivity index (χ2n) is 5.14. The molecule has 1 aliphatic carbocycles. The van der Waals surface area contributed by atoms with E-state index in [4.69, 9.17) is 5.26 Å². The van der Waals surface area contributed by atoms with Crippen LogP contribution >= 0.6 is 0 Å². The van der Waals surface area contributed by atoms with E-state index >= 15 is 0 Å². The molecule has 2 rings (SSSR count). The summed E-state index contributed by atoms with van der Waals surface area (Å²) in [4.78, 5) is 0. The van der Waals surface area contributed by atoms with Gasteiger partial charge in [-0.1, -0.05) is 12.1 Å². The Balaban J connectivity index is 2.17. The first-order valence-electron chi connectivity index (χ1n) is 6.79. The molecule has 5 nitrogen and oxygen atoms in total. The van der Waals surface area contributed by atoms with Crippen LogP contribution < -0.4 is 0 Å². The van der Waals surface area contributed by atoms with Gasteiger partial charge in [-0.2, -0.15) is 22.3 Å². The van der Waals surface area contributed by atoms with Crippen molar-refractivity contribution in [1.29, 1.82) is 5.26 Å². The average molecular weight is 311 g/mol. The zero-order chi connectivity index (χ0) is 15.5. The summed E-state index contributed by atoms with van der Waals surface area (Å²) in [5, 5.41) is 8.58. The highest BCUT2D eigenvalue weighted by molar-refractivity contribution is 7.86. The van der Waals surface area contributed by atoms with Gasteiger partial charge in [0, 0.05) is 32.6 Å². The summed E-state index contributed by atoms with van der Waals surface area (Å²) >= 11 is 0. The molecule has 0 spiro atoms. The molecule has 1 fully saturated rings. The molecule has 0 saturated heterocycles. The lowest BCUT2D eigenvalue weighted by Gasteiger charge is -2.27.